The largest absolute Gasteiger partial charge is 0.508 e. The third-order valence-corrected chi connectivity index (χ3v) is 5.46. The van der Waals surface area contributed by atoms with Gasteiger partial charge in [-0.25, -0.2) is 13.9 Å². The van der Waals surface area contributed by atoms with Gasteiger partial charge in [0.2, 0.25) is 10.0 Å². The van der Waals surface area contributed by atoms with E-state index in [0.29, 0.717) is 5.56 Å². The van der Waals surface area contributed by atoms with Crippen molar-refractivity contribution >= 4 is 15.9 Å². The van der Waals surface area contributed by atoms with Crippen molar-refractivity contribution in [3.8, 4) is 5.75 Å². The molecule has 9 nitrogen and oxygen atoms in total. The molecule has 0 aliphatic carbocycles. The number of carbonyl (C=O) groups is 1. The lowest BCUT2D eigenvalue weighted by molar-refractivity contribution is -0.135. The van der Waals surface area contributed by atoms with Crippen LogP contribution in [0.1, 0.15) is 5.56 Å². The first-order valence-electron chi connectivity index (χ1n) is 7.52. The van der Waals surface area contributed by atoms with Crippen LogP contribution in [0.5, 0.6) is 5.75 Å². The number of aromatic nitrogens is 1. The number of sulfonamides is 1. The van der Waals surface area contributed by atoms with Crippen molar-refractivity contribution in [2.24, 2.45) is 0 Å². The van der Waals surface area contributed by atoms with Gasteiger partial charge in [-0.15, -0.1) is 0 Å². The number of hydroxylamine groups is 1. The molecule has 2 rings (SSSR count). The van der Waals surface area contributed by atoms with E-state index in [1.54, 1.807) is 12.1 Å². The third kappa shape index (κ3) is 4.55. The molecule has 2 aromatic rings. The number of aromatic hydroxyl groups is 1. The van der Waals surface area contributed by atoms with Crippen LogP contribution in [0.15, 0.2) is 53.7 Å². The quantitative estimate of drug-likeness (QED) is 0.448. The Hall–Kier alpha value is -2.53. The Morgan fingerprint density at radius 2 is 2.00 bits per heavy atom. The van der Waals surface area contributed by atoms with Crippen molar-refractivity contribution in [3.63, 3.8) is 0 Å². The van der Waals surface area contributed by atoms with Crippen LogP contribution in [0, 0.1) is 0 Å². The van der Waals surface area contributed by atoms with E-state index >= 15 is 0 Å². The van der Waals surface area contributed by atoms with Gasteiger partial charge in [0.25, 0.3) is 5.91 Å². The van der Waals surface area contributed by atoms with E-state index in [9.17, 15) is 18.3 Å². The summed E-state index contributed by atoms with van der Waals surface area (Å²) in [7, 11) is -2.84. The molecule has 0 aliphatic rings. The molecule has 0 bridgehead atoms. The lowest BCUT2D eigenvalue weighted by atomic mass is 10.2. The van der Waals surface area contributed by atoms with Crippen LogP contribution < -0.4 is 5.48 Å². The number of hydrogen-bond donors (Lipinski definition) is 3. The molecule has 0 aliphatic heterocycles. The van der Waals surface area contributed by atoms with Crippen LogP contribution in [0.25, 0.3) is 0 Å². The predicted molar refractivity (Wildman–Crippen MR) is 90.7 cm³/mol. The first kappa shape index (κ1) is 19.8. The Kier molecular flexibility index (Phi) is 6.64. The molecular formula is C16H19N3O6S. The van der Waals surface area contributed by atoms with Crippen molar-refractivity contribution < 1.29 is 28.3 Å². The van der Waals surface area contributed by atoms with Crippen molar-refractivity contribution in [1.29, 1.82) is 0 Å². The second-order valence-corrected chi connectivity index (χ2v) is 7.24. The summed E-state index contributed by atoms with van der Waals surface area (Å²) in [6.45, 7) is -0.442. The number of phenols is 1. The number of nitrogens with one attached hydrogen (secondary N) is 1. The number of phenolic OH excluding ortho intramolecular Hbond substituents is 1. The maximum atomic E-state index is 13.1. The van der Waals surface area contributed by atoms with Crippen LogP contribution in [0.3, 0.4) is 0 Å². The summed E-state index contributed by atoms with van der Waals surface area (Å²) in [5.41, 5.74) is 2.01. The number of carbonyl (C=O) groups excluding carboxylic acids is 1. The molecule has 1 heterocycles. The number of hydrogen-bond acceptors (Lipinski definition) is 7. The summed E-state index contributed by atoms with van der Waals surface area (Å²) in [5.74, 6) is -1.03. The molecule has 0 radical (unpaired) electrons. The summed E-state index contributed by atoms with van der Waals surface area (Å²) < 4.78 is 32.1. The average molecular weight is 381 g/mol. The molecule has 0 unspecified atom stereocenters. The minimum absolute atomic E-state index is 0.0932. The van der Waals surface area contributed by atoms with Crippen molar-refractivity contribution in [1.82, 2.24) is 14.8 Å². The fourth-order valence-corrected chi connectivity index (χ4v) is 3.87. The molecule has 140 valence electrons. The maximum absolute atomic E-state index is 13.1. The first-order valence-corrected chi connectivity index (χ1v) is 8.97. The van der Waals surface area contributed by atoms with Crippen molar-refractivity contribution in [2.75, 3.05) is 13.7 Å². The zero-order chi connectivity index (χ0) is 19.2. The van der Waals surface area contributed by atoms with Gasteiger partial charge < -0.3 is 9.84 Å². The van der Waals surface area contributed by atoms with Gasteiger partial charge in [-0.05, 0) is 35.9 Å². The molecule has 0 spiro atoms. The van der Waals surface area contributed by atoms with Crippen molar-refractivity contribution in [2.45, 2.75) is 17.5 Å². The molecule has 10 heteroatoms. The second-order valence-electron chi connectivity index (χ2n) is 5.35. The summed E-state index contributed by atoms with van der Waals surface area (Å²) in [5, 5.41) is 18.4. The van der Waals surface area contributed by atoms with Crippen LogP contribution in [-0.2, 0) is 26.1 Å². The lowest BCUT2D eigenvalue weighted by Crippen LogP contribution is -2.50. The lowest BCUT2D eigenvalue weighted by Gasteiger charge is -2.29. The number of rotatable bonds is 8. The van der Waals surface area contributed by atoms with E-state index in [-0.39, 0.29) is 23.8 Å². The van der Waals surface area contributed by atoms with E-state index in [0.717, 1.165) is 4.31 Å². The SMILES string of the molecule is COC[C@H](C(=O)NO)N(Cc1cccnc1)S(=O)(=O)c1ccc(O)cc1. The van der Waals surface area contributed by atoms with Gasteiger partial charge in [-0.3, -0.25) is 15.0 Å². The molecule has 1 amide bonds. The van der Waals surface area contributed by atoms with Crippen LogP contribution in [0.2, 0.25) is 0 Å². The molecule has 0 saturated heterocycles. The highest BCUT2D eigenvalue weighted by Gasteiger charge is 2.36. The highest BCUT2D eigenvalue weighted by Crippen LogP contribution is 2.23. The Morgan fingerprint density at radius 3 is 2.54 bits per heavy atom. The van der Waals surface area contributed by atoms with Crippen LogP contribution in [0.4, 0.5) is 0 Å². The van der Waals surface area contributed by atoms with E-state index < -0.39 is 22.0 Å². The zero-order valence-corrected chi connectivity index (χ0v) is 14.8. The summed E-state index contributed by atoms with van der Waals surface area (Å²) in [6.07, 6.45) is 3.01. The topological polar surface area (TPSA) is 129 Å². The monoisotopic (exact) mass is 381 g/mol. The average Bonchev–Trinajstić information content (AvgIpc) is 2.65. The van der Waals surface area contributed by atoms with Gasteiger partial charge in [0.15, 0.2) is 0 Å². The maximum Gasteiger partial charge on any atom is 0.264 e. The highest BCUT2D eigenvalue weighted by atomic mass is 32.2. The van der Waals surface area contributed by atoms with E-state index in [4.69, 9.17) is 9.94 Å². The highest BCUT2D eigenvalue weighted by molar-refractivity contribution is 7.89. The van der Waals surface area contributed by atoms with Crippen LogP contribution >= 0.6 is 0 Å². The Morgan fingerprint density at radius 1 is 1.31 bits per heavy atom. The Bertz CT molecular complexity index is 827. The van der Waals surface area contributed by atoms with Gasteiger partial charge in [0.1, 0.15) is 11.8 Å². The first-order chi connectivity index (χ1) is 12.4. The third-order valence-electron chi connectivity index (χ3n) is 3.59. The van der Waals surface area contributed by atoms with Gasteiger partial charge in [0.05, 0.1) is 11.5 Å². The molecule has 1 atom stereocenters. The Labute approximate surface area is 150 Å². The fraction of sp³-hybridized carbons (Fsp3) is 0.250. The second kappa shape index (κ2) is 8.72. The number of methoxy groups -OCH3 is 1. The predicted octanol–water partition coefficient (Wildman–Crippen LogP) is 0.498. The zero-order valence-electron chi connectivity index (χ0n) is 13.9. The minimum atomic E-state index is -4.15. The number of amides is 1. The smallest absolute Gasteiger partial charge is 0.264 e. The van der Waals surface area contributed by atoms with Gasteiger partial charge in [-0.2, -0.15) is 4.31 Å². The number of benzene rings is 1. The summed E-state index contributed by atoms with van der Waals surface area (Å²) >= 11 is 0. The number of pyridine rings is 1. The van der Waals surface area contributed by atoms with Crippen LogP contribution in [-0.4, -0.2) is 53.7 Å². The van der Waals surface area contributed by atoms with Gasteiger partial charge in [-0.1, -0.05) is 6.07 Å². The van der Waals surface area contributed by atoms with E-state index in [2.05, 4.69) is 4.98 Å². The number of ether oxygens (including phenoxy) is 1. The standard InChI is InChI=1S/C16H19N3O6S/c1-25-11-15(16(21)18-22)19(10-12-3-2-8-17-9-12)26(23,24)14-6-4-13(20)5-7-14/h2-9,15,20,22H,10-11H2,1H3,(H,18,21)/t15-/m1/s1. The summed E-state index contributed by atoms with van der Waals surface area (Å²) in [4.78, 5) is 15.9. The molecule has 1 aromatic carbocycles. The van der Waals surface area contributed by atoms with E-state index in [1.165, 1.54) is 49.2 Å². The minimum Gasteiger partial charge on any atom is -0.508 e. The number of nitrogens with zero attached hydrogens (tertiary/aromatic N) is 2. The molecule has 26 heavy (non-hydrogen) atoms. The van der Waals surface area contributed by atoms with Gasteiger partial charge in [0, 0.05) is 26.0 Å². The molecule has 3 N–H and O–H groups in total. The fourth-order valence-electron chi connectivity index (χ4n) is 2.31. The Balaban J connectivity index is 2.50. The van der Waals surface area contributed by atoms with Crippen molar-refractivity contribution in [3.05, 3.63) is 54.4 Å². The summed E-state index contributed by atoms with van der Waals surface area (Å²) in [6, 6.07) is 6.89. The molecular weight excluding hydrogens is 362 g/mol. The normalized spacial score (nSPS) is 12.7. The molecule has 0 fully saturated rings. The molecule has 1 aromatic heterocycles. The molecule has 0 saturated carbocycles. The van der Waals surface area contributed by atoms with Gasteiger partial charge >= 0.3 is 0 Å². The van der Waals surface area contributed by atoms with E-state index in [1.807, 2.05) is 0 Å².